The number of hydrogen-bond donors (Lipinski definition) is 1. The topological polar surface area (TPSA) is 89.5 Å². The molecule has 2 rings (SSSR count). The molecule has 0 radical (unpaired) electrons. The van der Waals surface area contributed by atoms with Crippen LogP contribution in [0.15, 0.2) is 24.3 Å². The fraction of sp³-hybridized carbons (Fsp3) is 0.467. The van der Waals surface area contributed by atoms with Crippen LogP contribution in [0.25, 0.3) is 0 Å². The Morgan fingerprint density at radius 1 is 1.36 bits per heavy atom. The van der Waals surface area contributed by atoms with Gasteiger partial charge in [0.05, 0.1) is 22.6 Å². The first kappa shape index (κ1) is 16.5. The number of ether oxygens (including phenoxy) is 1. The second kappa shape index (κ2) is 6.08. The summed E-state index contributed by atoms with van der Waals surface area (Å²) in [5, 5.41) is 2.63. The summed E-state index contributed by atoms with van der Waals surface area (Å²) in [7, 11) is -3.10. The van der Waals surface area contributed by atoms with Gasteiger partial charge in [-0.25, -0.2) is 13.2 Å². The highest BCUT2D eigenvalue weighted by molar-refractivity contribution is 7.91. The summed E-state index contributed by atoms with van der Waals surface area (Å²) in [6, 6.07) is 6.87. The van der Waals surface area contributed by atoms with Crippen LogP contribution in [0, 0.1) is 6.92 Å². The smallest absolute Gasteiger partial charge is 0.338 e. The minimum atomic E-state index is -3.10. The van der Waals surface area contributed by atoms with Crippen molar-refractivity contribution in [2.45, 2.75) is 25.8 Å². The molecule has 0 saturated carbocycles. The molecule has 0 aliphatic carbocycles. The van der Waals surface area contributed by atoms with Crippen LogP contribution >= 0.6 is 0 Å². The van der Waals surface area contributed by atoms with Crippen molar-refractivity contribution in [1.29, 1.82) is 0 Å². The van der Waals surface area contributed by atoms with Crippen LogP contribution in [0.2, 0.25) is 0 Å². The predicted octanol–water partition coefficient (Wildman–Crippen LogP) is 0.845. The number of nitrogens with one attached hydrogen (secondary N) is 1. The quantitative estimate of drug-likeness (QED) is 0.829. The van der Waals surface area contributed by atoms with Gasteiger partial charge in [0.1, 0.15) is 0 Å². The maximum Gasteiger partial charge on any atom is 0.338 e. The van der Waals surface area contributed by atoms with Crippen LogP contribution < -0.4 is 5.32 Å². The number of esters is 1. The number of carbonyl (C=O) groups is 2. The van der Waals surface area contributed by atoms with Crippen LogP contribution in [0.1, 0.15) is 29.3 Å². The van der Waals surface area contributed by atoms with Gasteiger partial charge in [-0.15, -0.1) is 0 Å². The van der Waals surface area contributed by atoms with Gasteiger partial charge in [0.2, 0.25) is 0 Å². The first-order chi connectivity index (χ1) is 10.2. The summed E-state index contributed by atoms with van der Waals surface area (Å²) in [6.45, 7) is 3.10. The summed E-state index contributed by atoms with van der Waals surface area (Å²) in [5.41, 5.74) is 0.510. The van der Waals surface area contributed by atoms with Gasteiger partial charge in [0.25, 0.3) is 5.91 Å². The average molecular weight is 325 g/mol. The van der Waals surface area contributed by atoms with E-state index in [1.54, 1.807) is 25.1 Å². The molecule has 0 aromatic heterocycles. The van der Waals surface area contributed by atoms with Crippen LogP contribution in [-0.2, 0) is 19.4 Å². The Hall–Kier alpha value is -1.89. The first-order valence-electron chi connectivity index (χ1n) is 6.94. The van der Waals surface area contributed by atoms with E-state index in [9.17, 15) is 18.0 Å². The van der Waals surface area contributed by atoms with E-state index >= 15 is 0 Å². The number of amides is 1. The van der Waals surface area contributed by atoms with Gasteiger partial charge in [-0.05, 0) is 32.4 Å². The van der Waals surface area contributed by atoms with Crippen molar-refractivity contribution in [3.63, 3.8) is 0 Å². The fourth-order valence-electron chi connectivity index (χ4n) is 2.47. The molecule has 1 aliphatic rings. The first-order valence-corrected chi connectivity index (χ1v) is 8.77. The SMILES string of the molecule is Cc1cccc(C(=O)OCC(=O)NC2(C)CCS(=O)(=O)C2)c1. The second-order valence-electron chi connectivity index (χ2n) is 5.90. The lowest BCUT2D eigenvalue weighted by molar-refractivity contribution is -0.125. The zero-order chi connectivity index (χ0) is 16.4. The Morgan fingerprint density at radius 3 is 2.68 bits per heavy atom. The zero-order valence-electron chi connectivity index (χ0n) is 12.6. The second-order valence-corrected chi connectivity index (χ2v) is 8.08. The van der Waals surface area contributed by atoms with Crippen molar-refractivity contribution in [3.8, 4) is 0 Å². The molecule has 1 fully saturated rings. The molecular weight excluding hydrogens is 306 g/mol. The molecule has 1 saturated heterocycles. The molecule has 1 aromatic rings. The number of carbonyl (C=O) groups excluding carboxylic acids is 2. The summed E-state index contributed by atoms with van der Waals surface area (Å²) in [6.07, 6.45) is 0.368. The molecular formula is C15H19NO5S. The van der Waals surface area contributed by atoms with Crippen LogP contribution in [-0.4, -0.2) is 43.9 Å². The molecule has 1 atom stereocenters. The van der Waals surface area contributed by atoms with Crippen LogP contribution in [0.5, 0.6) is 0 Å². The molecule has 1 unspecified atom stereocenters. The van der Waals surface area contributed by atoms with E-state index in [2.05, 4.69) is 5.32 Å². The zero-order valence-corrected chi connectivity index (χ0v) is 13.4. The highest BCUT2D eigenvalue weighted by atomic mass is 32.2. The Bertz CT molecular complexity index is 698. The van der Waals surface area contributed by atoms with Crippen molar-refractivity contribution < 1.29 is 22.7 Å². The van der Waals surface area contributed by atoms with Gasteiger partial charge < -0.3 is 10.1 Å². The van der Waals surface area contributed by atoms with E-state index in [1.807, 2.05) is 13.0 Å². The third kappa shape index (κ3) is 4.30. The van der Waals surface area contributed by atoms with E-state index < -0.39 is 33.9 Å². The highest BCUT2D eigenvalue weighted by Crippen LogP contribution is 2.22. The Morgan fingerprint density at radius 2 is 2.09 bits per heavy atom. The van der Waals surface area contributed by atoms with E-state index in [0.29, 0.717) is 12.0 Å². The monoisotopic (exact) mass is 325 g/mol. The van der Waals surface area contributed by atoms with Crippen LogP contribution in [0.4, 0.5) is 0 Å². The van der Waals surface area contributed by atoms with E-state index in [-0.39, 0.29) is 11.5 Å². The van der Waals surface area contributed by atoms with Crippen LogP contribution in [0.3, 0.4) is 0 Å². The summed E-state index contributed by atoms with van der Waals surface area (Å²) < 4.78 is 27.9. The molecule has 1 aromatic carbocycles. The van der Waals surface area contributed by atoms with Crippen molar-refractivity contribution in [2.24, 2.45) is 0 Å². The predicted molar refractivity (Wildman–Crippen MR) is 81.3 cm³/mol. The molecule has 0 bridgehead atoms. The minimum Gasteiger partial charge on any atom is -0.452 e. The van der Waals surface area contributed by atoms with Gasteiger partial charge >= 0.3 is 5.97 Å². The standard InChI is InChI=1S/C15H19NO5S/c1-11-4-3-5-12(8-11)14(18)21-9-13(17)16-15(2)6-7-22(19,20)10-15/h3-5,8H,6-7,9-10H2,1-2H3,(H,16,17). The van der Waals surface area contributed by atoms with Gasteiger partial charge in [-0.3, -0.25) is 4.79 Å². The Labute approximate surface area is 129 Å². The molecule has 7 heteroatoms. The third-order valence-corrected chi connectivity index (χ3v) is 5.44. The molecule has 1 N–H and O–H groups in total. The number of sulfone groups is 1. The number of aryl methyl sites for hydroxylation is 1. The molecule has 1 aliphatic heterocycles. The lowest BCUT2D eigenvalue weighted by Gasteiger charge is -2.23. The summed E-state index contributed by atoms with van der Waals surface area (Å²) in [4.78, 5) is 23.7. The largest absolute Gasteiger partial charge is 0.452 e. The van der Waals surface area contributed by atoms with E-state index in [4.69, 9.17) is 4.74 Å². The lowest BCUT2D eigenvalue weighted by atomic mass is 10.0. The summed E-state index contributed by atoms with van der Waals surface area (Å²) in [5.74, 6) is -1.10. The summed E-state index contributed by atoms with van der Waals surface area (Å²) >= 11 is 0. The fourth-order valence-corrected chi connectivity index (χ4v) is 4.56. The van der Waals surface area contributed by atoms with Crippen molar-refractivity contribution in [3.05, 3.63) is 35.4 Å². The normalized spacial score (nSPS) is 23.0. The van der Waals surface area contributed by atoms with Gasteiger partial charge in [0.15, 0.2) is 16.4 Å². The Kier molecular flexibility index (Phi) is 4.55. The van der Waals surface area contributed by atoms with Gasteiger partial charge in [-0.1, -0.05) is 17.7 Å². The molecule has 22 heavy (non-hydrogen) atoms. The molecule has 1 amide bonds. The van der Waals surface area contributed by atoms with Crippen molar-refractivity contribution in [1.82, 2.24) is 5.32 Å². The average Bonchev–Trinajstić information content (AvgIpc) is 2.69. The third-order valence-electron chi connectivity index (χ3n) is 3.53. The number of hydrogen-bond acceptors (Lipinski definition) is 5. The highest BCUT2D eigenvalue weighted by Gasteiger charge is 2.39. The Balaban J connectivity index is 1.87. The minimum absolute atomic E-state index is 0.0624. The lowest BCUT2D eigenvalue weighted by Crippen LogP contribution is -2.48. The molecule has 0 spiro atoms. The van der Waals surface area contributed by atoms with E-state index in [1.165, 1.54) is 0 Å². The van der Waals surface area contributed by atoms with Crippen molar-refractivity contribution >= 4 is 21.7 Å². The molecule has 6 nitrogen and oxygen atoms in total. The molecule has 120 valence electrons. The maximum absolute atomic E-state index is 11.8. The van der Waals surface area contributed by atoms with Gasteiger partial charge in [0, 0.05) is 0 Å². The number of rotatable bonds is 4. The van der Waals surface area contributed by atoms with Crippen molar-refractivity contribution in [2.75, 3.05) is 18.1 Å². The number of benzene rings is 1. The molecule has 1 heterocycles. The van der Waals surface area contributed by atoms with Gasteiger partial charge in [-0.2, -0.15) is 0 Å². The van der Waals surface area contributed by atoms with E-state index in [0.717, 1.165) is 5.56 Å². The maximum atomic E-state index is 11.8.